The molecule has 96 valence electrons. The summed E-state index contributed by atoms with van der Waals surface area (Å²) in [7, 11) is 0. The first-order valence-electron chi connectivity index (χ1n) is 5.00. The van der Waals surface area contributed by atoms with Gasteiger partial charge in [0.05, 0.1) is 19.2 Å². The molecule has 4 nitrogen and oxygen atoms in total. The molecular formula is C10H7F4N3O. The third kappa shape index (κ3) is 2.09. The van der Waals surface area contributed by atoms with Gasteiger partial charge in [-0.15, -0.1) is 0 Å². The lowest BCUT2D eigenvalue weighted by molar-refractivity contribution is 0.0757. The molecule has 1 saturated heterocycles. The van der Waals surface area contributed by atoms with E-state index in [0.29, 0.717) is 0 Å². The van der Waals surface area contributed by atoms with Crippen LogP contribution in [0.5, 0.6) is 0 Å². The van der Waals surface area contributed by atoms with E-state index in [2.05, 4.69) is 4.98 Å². The molecule has 1 atom stereocenters. The second-order valence-corrected chi connectivity index (χ2v) is 3.60. The van der Waals surface area contributed by atoms with Crippen molar-refractivity contribution in [2.75, 3.05) is 24.6 Å². The van der Waals surface area contributed by atoms with Crippen molar-refractivity contribution >= 4 is 5.69 Å². The van der Waals surface area contributed by atoms with Gasteiger partial charge in [0, 0.05) is 6.54 Å². The van der Waals surface area contributed by atoms with Gasteiger partial charge >= 0.3 is 0 Å². The van der Waals surface area contributed by atoms with Gasteiger partial charge in [-0.2, -0.15) is 27.8 Å². The molecule has 0 spiro atoms. The fourth-order valence-electron chi connectivity index (χ4n) is 1.68. The van der Waals surface area contributed by atoms with Crippen molar-refractivity contribution in [2.45, 2.75) is 6.10 Å². The molecule has 0 N–H and O–H groups in total. The largest absolute Gasteiger partial charge is 0.360 e. The summed E-state index contributed by atoms with van der Waals surface area (Å²) in [5.74, 6) is -6.59. The third-order valence-corrected chi connectivity index (χ3v) is 2.50. The highest BCUT2D eigenvalue weighted by Crippen LogP contribution is 2.27. The number of hydrogen-bond acceptors (Lipinski definition) is 4. The zero-order valence-corrected chi connectivity index (χ0v) is 8.96. The lowest BCUT2D eigenvalue weighted by atomic mass is 10.2. The average Bonchev–Trinajstić information content (AvgIpc) is 2.37. The maximum absolute atomic E-state index is 13.4. The Kier molecular flexibility index (Phi) is 3.34. The monoisotopic (exact) mass is 261 g/mol. The normalized spacial score (nSPS) is 19.7. The van der Waals surface area contributed by atoms with Gasteiger partial charge in [0.15, 0.2) is 6.10 Å². The molecule has 1 aromatic rings. The van der Waals surface area contributed by atoms with Gasteiger partial charge in [-0.1, -0.05) is 0 Å². The van der Waals surface area contributed by atoms with E-state index in [1.807, 2.05) is 0 Å². The molecule has 0 aromatic carbocycles. The van der Waals surface area contributed by atoms with Crippen LogP contribution in [0.2, 0.25) is 0 Å². The number of pyridine rings is 1. The second kappa shape index (κ2) is 4.78. The molecule has 0 radical (unpaired) electrons. The van der Waals surface area contributed by atoms with Crippen LogP contribution in [-0.4, -0.2) is 30.8 Å². The lowest BCUT2D eigenvalue weighted by Gasteiger charge is -2.31. The Morgan fingerprint density at radius 1 is 1.22 bits per heavy atom. The van der Waals surface area contributed by atoms with E-state index >= 15 is 0 Å². The molecule has 2 heterocycles. The first kappa shape index (κ1) is 12.6. The maximum Gasteiger partial charge on any atom is 0.253 e. The summed E-state index contributed by atoms with van der Waals surface area (Å²) >= 11 is 0. The number of aromatic nitrogens is 1. The summed E-state index contributed by atoms with van der Waals surface area (Å²) in [4.78, 5) is 3.48. The lowest BCUT2D eigenvalue weighted by Crippen LogP contribution is -2.43. The molecular weight excluding hydrogens is 254 g/mol. The summed E-state index contributed by atoms with van der Waals surface area (Å²) < 4.78 is 57.7. The Morgan fingerprint density at radius 3 is 2.39 bits per heavy atom. The molecule has 0 aliphatic carbocycles. The summed E-state index contributed by atoms with van der Waals surface area (Å²) in [5.41, 5.74) is -0.858. The van der Waals surface area contributed by atoms with Crippen LogP contribution in [0, 0.1) is 34.9 Å². The average molecular weight is 261 g/mol. The van der Waals surface area contributed by atoms with Crippen LogP contribution in [0.4, 0.5) is 23.2 Å². The minimum Gasteiger partial charge on any atom is -0.360 e. The zero-order chi connectivity index (χ0) is 13.3. The number of morpholine rings is 1. The molecule has 8 heteroatoms. The Labute approximate surface area is 99.4 Å². The van der Waals surface area contributed by atoms with Crippen LogP contribution in [-0.2, 0) is 4.74 Å². The van der Waals surface area contributed by atoms with Crippen LogP contribution >= 0.6 is 0 Å². The van der Waals surface area contributed by atoms with Crippen molar-refractivity contribution in [2.24, 2.45) is 0 Å². The third-order valence-electron chi connectivity index (χ3n) is 2.50. The van der Waals surface area contributed by atoms with Crippen LogP contribution in [0.1, 0.15) is 0 Å². The topological polar surface area (TPSA) is 49.2 Å². The number of hydrogen-bond donors (Lipinski definition) is 0. The van der Waals surface area contributed by atoms with Gasteiger partial charge in [0.1, 0.15) is 5.69 Å². The van der Waals surface area contributed by atoms with E-state index in [-0.39, 0.29) is 19.7 Å². The van der Waals surface area contributed by atoms with E-state index in [1.165, 1.54) is 0 Å². The molecule has 1 aliphatic heterocycles. The molecule has 18 heavy (non-hydrogen) atoms. The van der Waals surface area contributed by atoms with Gasteiger partial charge < -0.3 is 9.64 Å². The summed E-state index contributed by atoms with van der Waals surface area (Å²) in [5, 5.41) is 8.65. The van der Waals surface area contributed by atoms with Gasteiger partial charge in [0.25, 0.3) is 11.9 Å². The Hall–Kier alpha value is -1.88. The fraction of sp³-hybridized carbons (Fsp3) is 0.400. The highest BCUT2D eigenvalue weighted by Gasteiger charge is 2.29. The van der Waals surface area contributed by atoms with Gasteiger partial charge in [0.2, 0.25) is 11.6 Å². The summed E-state index contributed by atoms with van der Waals surface area (Å²) in [6, 6.07) is 1.76. The van der Waals surface area contributed by atoms with Crippen molar-refractivity contribution in [1.82, 2.24) is 4.98 Å². The van der Waals surface area contributed by atoms with Gasteiger partial charge in [-0.25, -0.2) is 0 Å². The standard InChI is InChI=1S/C10H7F4N3O/c11-6-8(7(12)10(14)16-9(6)13)17-1-2-18-5(3-15)4-17/h5H,1-2,4H2. The zero-order valence-electron chi connectivity index (χ0n) is 8.96. The quantitative estimate of drug-likeness (QED) is 0.566. The van der Waals surface area contributed by atoms with Crippen LogP contribution in [0.3, 0.4) is 0 Å². The van der Waals surface area contributed by atoms with Crippen molar-refractivity contribution in [3.63, 3.8) is 0 Å². The molecule has 1 unspecified atom stereocenters. The van der Waals surface area contributed by atoms with Crippen molar-refractivity contribution in [3.05, 3.63) is 23.5 Å². The molecule has 1 aliphatic rings. The molecule has 0 bridgehead atoms. The Bertz CT molecular complexity index is 491. The van der Waals surface area contributed by atoms with E-state index in [0.717, 1.165) is 4.90 Å². The van der Waals surface area contributed by atoms with Crippen molar-refractivity contribution in [3.8, 4) is 6.07 Å². The predicted molar refractivity (Wildman–Crippen MR) is 51.6 cm³/mol. The van der Waals surface area contributed by atoms with Gasteiger partial charge in [-0.05, 0) is 0 Å². The predicted octanol–water partition coefficient (Wildman–Crippen LogP) is 1.37. The number of ether oxygens (including phenoxy) is 1. The van der Waals surface area contributed by atoms with Crippen molar-refractivity contribution in [1.29, 1.82) is 5.26 Å². The first-order chi connectivity index (χ1) is 8.54. The molecule has 1 aromatic heterocycles. The number of rotatable bonds is 1. The Morgan fingerprint density at radius 2 is 1.83 bits per heavy atom. The number of nitrogens with zero attached hydrogens (tertiary/aromatic N) is 3. The summed E-state index contributed by atoms with van der Waals surface area (Å²) in [6.07, 6.45) is -0.906. The number of halogens is 4. The second-order valence-electron chi connectivity index (χ2n) is 3.60. The SMILES string of the molecule is N#CC1CN(c2c(F)c(F)nc(F)c2F)CCO1. The highest BCUT2D eigenvalue weighted by atomic mass is 19.2. The van der Waals surface area contributed by atoms with Crippen LogP contribution in [0.15, 0.2) is 0 Å². The van der Waals surface area contributed by atoms with E-state index in [9.17, 15) is 17.6 Å². The smallest absolute Gasteiger partial charge is 0.253 e. The van der Waals surface area contributed by atoms with Crippen LogP contribution in [0.25, 0.3) is 0 Å². The number of anilines is 1. The first-order valence-corrected chi connectivity index (χ1v) is 5.00. The fourth-order valence-corrected chi connectivity index (χ4v) is 1.68. The van der Waals surface area contributed by atoms with Crippen LogP contribution < -0.4 is 4.90 Å². The molecule has 2 rings (SSSR count). The minimum absolute atomic E-state index is 0.0227. The molecule has 0 saturated carbocycles. The highest BCUT2D eigenvalue weighted by molar-refractivity contribution is 5.49. The Balaban J connectivity index is 2.42. The summed E-state index contributed by atoms with van der Waals surface area (Å²) in [6.45, 7) is -0.120. The van der Waals surface area contributed by atoms with Gasteiger partial charge in [-0.3, -0.25) is 0 Å². The van der Waals surface area contributed by atoms with Crippen molar-refractivity contribution < 1.29 is 22.3 Å². The maximum atomic E-state index is 13.4. The molecule has 0 amide bonds. The van der Waals surface area contributed by atoms with E-state index < -0.39 is 35.3 Å². The van der Waals surface area contributed by atoms with E-state index in [4.69, 9.17) is 10.00 Å². The molecule has 1 fully saturated rings. The van der Waals surface area contributed by atoms with E-state index in [1.54, 1.807) is 6.07 Å². The minimum atomic E-state index is -1.72. The number of nitriles is 1.